The molecule has 2 atom stereocenters. The van der Waals surface area contributed by atoms with Gasteiger partial charge in [0.1, 0.15) is 0 Å². The molecule has 0 aromatic heterocycles. The van der Waals surface area contributed by atoms with E-state index in [0.717, 1.165) is 45.5 Å². The van der Waals surface area contributed by atoms with E-state index in [1.54, 1.807) is 0 Å². The van der Waals surface area contributed by atoms with Crippen LogP contribution in [0.15, 0.2) is 0 Å². The predicted molar refractivity (Wildman–Crippen MR) is 85.9 cm³/mol. The molecule has 0 aliphatic carbocycles. The Bertz CT molecular complexity index is 281. The molecule has 0 radical (unpaired) electrons. The molecule has 4 heteroatoms. The summed E-state index contributed by atoms with van der Waals surface area (Å²) in [6.45, 7) is 7.13. The molecular formula is C17H34N2O2. The summed E-state index contributed by atoms with van der Waals surface area (Å²) in [7, 11) is 0. The van der Waals surface area contributed by atoms with Crippen molar-refractivity contribution in [1.29, 1.82) is 0 Å². The summed E-state index contributed by atoms with van der Waals surface area (Å²) in [5.41, 5.74) is 3.25. The van der Waals surface area contributed by atoms with Gasteiger partial charge in [-0.1, -0.05) is 26.7 Å². The largest absolute Gasteiger partial charge is 0.381 e. The SMILES string of the molecule is CCCC(CCC)C(NN)C1CCOC2(CCOCC2)C1. The van der Waals surface area contributed by atoms with Crippen molar-refractivity contribution in [2.45, 2.75) is 76.9 Å². The molecule has 0 bridgehead atoms. The minimum atomic E-state index is 0.0687. The summed E-state index contributed by atoms with van der Waals surface area (Å²) in [5.74, 6) is 7.31. The lowest BCUT2D eigenvalue weighted by atomic mass is 9.73. The van der Waals surface area contributed by atoms with E-state index in [0.29, 0.717) is 17.9 Å². The van der Waals surface area contributed by atoms with Crippen molar-refractivity contribution < 1.29 is 9.47 Å². The molecule has 2 rings (SSSR count). The molecule has 21 heavy (non-hydrogen) atoms. The molecule has 3 N–H and O–H groups in total. The van der Waals surface area contributed by atoms with Gasteiger partial charge in [0.05, 0.1) is 5.60 Å². The van der Waals surface area contributed by atoms with E-state index < -0.39 is 0 Å². The number of nitrogens with one attached hydrogen (secondary N) is 1. The van der Waals surface area contributed by atoms with Crippen LogP contribution in [0.4, 0.5) is 0 Å². The highest BCUT2D eigenvalue weighted by molar-refractivity contribution is 4.94. The Balaban J connectivity index is 2.02. The van der Waals surface area contributed by atoms with Crippen LogP contribution in [0.3, 0.4) is 0 Å². The monoisotopic (exact) mass is 298 g/mol. The zero-order valence-corrected chi connectivity index (χ0v) is 13.9. The molecule has 0 aromatic rings. The van der Waals surface area contributed by atoms with Gasteiger partial charge >= 0.3 is 0 Å². The minimum Gasteiger partial charge on any atom is -0.381 e. The third kappa shape index (κ3) is 4.41. The first-order valence-electron chi connectivity index (χ1n) is 8.92. The number of rotatable bonds is 7. The second-order valence-electron chi connectivity index (χ2n) is 6.93. The molecule has 1 spiro atoms. The Kier molecular flexibility index (Phi) is 6.93. The van der Waals surface area contributed by atoms with Crippen molar-refractivity contribution in [3.05, 3.63) is 0 Å². The van der Waals surface area contributed by atoms with Crippen LogP contribution in [0, 0.1) is 11.8 Å². The highest BCUT2D eigenvalue weighted by Gasteiger charge is 2.42. The molecular weight excluding hydrogens is 264 g/mol. The number of ether oxygens (including phenoxy) is 2. The molecule has 2 unspecified atom stereocenters. The van der Waals surface area contributed by atoms with Crippen molar-refractivity contribution in [2.75, 3.05) is 19.8 Å². The highest BCUT2D eigenvalue weighted by Crippen LogP contribution is 2.40. The van der Waals surface area contributed by atoms with Crippen LogP contribution in [-0.4, -0.2) is 31.5 Å². The fraction of sp³-hybridized carbons (Fsp3) is 1.00. The Morgan fingerprint density at radius 1 is 1.14 bits per heavy atom. The molecule has 0 saturated carbocycles. The number of hydrogen-bond acceptors (Lipinski definition) is 4. The van der Waals surface area contributed by atoms with Gasteiger partial charge in [-0.15, -0.1) is 0 Å². The third-order valence-electron chi connectivity index (χ3n) is 5.46. The van der Waals surface area contributed by atoms with Crippen LogP contribution in [0.5, 0.6) is 0 Å². The number of hydrazine groups is 1. The fourth-order valence-electron chi connectivity index (χ4n) is 4.37. The topological polar surface area (TPSA) is 56.5 Å². The molecule has 2 heterocycles. The van der Waals surface area contributed by atoms with Gasteiger partial charge in [0.2, 0.25) is 0 Å². The Hall–Kier alpha value is -0.160. The first kappa shape index (κ1) is 17.2. The van der Waals surface area contributed by atoms with Gasteiger partial charge in [-0.3, -0.25) is 11.3 Å². The van der Waals surface area contributed by atoms with Gasteiger partial charge in [-0.05, 0) is 50.4 Å². The van der Waals surface area contributed by atoms with Crippen LogP contribution in [0.25, 0.3) is 0 Å². The van der Waals surface area contributed by atoms with E-state index in [2.05, 4.69) is 19.3 Å². The van der Waals surface area contributed by atoms with Gasteiger partial charge in [-0.2, -0.15) is 0 Å². The maximum atomic E-state index is 6.18. The van der Waals surface area contributed by atoms with Gasteiger partial charge in [0.15, 0.2) is 0 Å². The van der Waals surface area contributed by atoms with Crippen molar-refractivity contribution in [3.63, 3.8) is 0 Å². The van der Waals surface area contributed by atoms with Crippen molar-refractivity contribution >= 4 is 0 Å². The van der Waals surface area contributed by atoms with Crippen LogP contribution in [-0.2, 0) is 9.47 Å². The maximum absolute atomic E-state index is 6.18. The lowest BCUT2D eigenvalue weighted by Crippen LogP contribution is -2.53. The van der Waals surface area contributed by atoms with E-state index in [1.165, 1.54) is 25.7 Å². The zero-order valence-electron chi connectivity index (χ0n) is 13.9. The van der Waals surface area contributed by atoms with Gasteiger partial charge in [0.25, 0.3) is 0 Å². The highest BCUT2D eigenvalue weighted by atomic mass is 16.5. The smallest absolute Gasteiger partial charge is 0.0729 e. The van der Waals surface area contributed by atoms with Gasteiger partial charge in [0, 0.05) is 25.9 Å². The summed E-state index contributed by atoms with van der Waals surface area (Å²) in [4.78, 5) is 0. The average Bonchev–Trinajstić information content (AvgIpc) is 2.49. The van der Waals surface area contributed by atoms with E-state index in [4.69, 9.17) is 15.3 Å². The summed E-state index contributed by atoms with van der Waals surface area (Å²) in [6.07, 6.45) is 9.42. The second kappa shape index (κ2) is 8.47. The Morgan fingerprint density at radius 2 is 1.81 bits per heavy atom. The van der Waals surface area contributed by atoms with Gasteiger partial charge in [-0.25, -0.2) is 0 Å². The summed E-state index contributed by atoms with van der Waals surface area (Å²) < 4.78 is 11.7. The average molecular weight is 298 g/mol. The van der Waals surface area contributed by atoms with Crippen molar-refractivity contribution in [1.82, 2.24) is 5.43 Å². The number of hydrogen-bond donors (Lipinski definition) is 2. The quantitative estimate of drug-likeness (QED) is 0.560. The van der Waals surface area contributed by atoms with E-state index in [9.17, 15) is 0 Å². The fourth-order valence-corrected chi connectivity index (χ4v) is 4.37. The lowest BCUT2D eigenvalue weighted by Gasteiger charge is -2.46. The van der Waals surface area contributed by atoms with Crippen molar-refractivity contribution in [3.8, 4) is 0 Å². The molecule has 0 amide bonds. The second-order valence-corrected chi connectivity index (χ2v) is 6.93. The summed E-state index contributed by atoms with van der Waals surface area (Å²) in [6, 6.07) is 0.438. The van der Waals surface area contributed by atoms with Crippen molar-refractivity contribution in [2.24, 2.45) is 17.7 Å². The molecule has 2 fully saturated rings. The minimum absolute atomic E-state index is 0.0687. The Labute approximate surface area is 130 Å². The molecule has 124 valence electrons. The first-order valence-corrected chi connectivity index (χ1v) is 8.92. The maximum Gasteiger partial charge on any atom is 0.0729 e. The molecule has 0 aromatic carbocycles. The molecule has 2 aliphatic rings. The van der Waals surface area contributed by atoms with E-state index >= 15 is 0 Å². The van der Waals surface area contributed by atoms with Crippen LogP contribution < -0.4 is 11.3 Å². The lowest BCUT2D eigenvalue weighted by molar-refractivity contribution is -0.152. The molecule has 2 saturated heterocycles. The first-order chi connectivity index (χ1) is 10.2. The third-order valence-corrected chi connectivity index (χ3v) is 5.46. The molecule has 2 aliphatic heterocycles. The van der Waals surface area contributed by atoms with E-state index in [1.807, 2.05) is 0 Å². The predicted octanol–water partition coefficient (Wildman–Crippen LogP) is 3.01. The van der Waals surface area contributed by atoms with Gasteiger partial charge < -0.3 is 9.47 Å². The van der Waals surface area contributed by atoms with Crippen LogP contribution in [0.1, 0.15) is 65.2 Å². The zero-order chi connectivity index (χ0) is 15.1. The summed E-state index contributed by atoms with van der Waals surface area (Å²) in [5, 5.41) is 0. The standard InChI is InChI=1S/C17H34N2O2/c1-3-5-14(6-4-2)16(19-18)15-7-10-21-17(13-15)8-11-20-12-9-17/h14-16,19H,3-13,18H2,1-2H3. The van der Waals surface area contributed by atoms with Crippen LogP contribution in [0.2, 0.25) is 0 Å². The number of nitrogens with two attached hydrogens (primary N) is 1. The Morgan fingerprint density at radius 3 is 2.38 bits per heavy atom. The van der Waals surface area contributed by atoms with Crippen LogP contribution >= 0.6 is 0 Å². The summed E-state index contributed by atoms with van der Waals surface area (Å²) >= 11 is 0. The van der Waals surface area contributed by atoms with E-state index in [-0.39, 0.29) is 5.60 Å². The molecule has 4 nitrogen and oxygen atoms in total. The normalized spacial score (nSPS) is 27.1.